The zero-order valence-electron chi connectivity index (χ0n) is 19.2. The molecule has 1 unspecified atom stereocenters. The van der Waals surface area contributed by atoms with Crippen LogP contribution in [0.15, 0.2) is 71.2 Å². The fourth-order valence-corrected chi connectivity index (χ4v) is 4.01. The first-order valence-corrected chi connectivity index (χ1v) is 10.3. The minimum Gasteiger partial charge on any atom is -0.466 e. The largest absolute Gasteiger partial charge is 0.466 e. The van der Waals surface area contributed by atoms with Crippen molar-refractivity contribution in [3.05, 3.63) is 87.9 Å². The average molecular weight is 460 g/mol. The molecule has 1 heterocycles. The van der Waals surface area contributed by atoms with Crippen LogP contribution in [0.4, 0.5) is 5.69 Å². The van der Waals surface area contributed by atoms with Crippen molar-refractivity contribution in [1.29, 1.82) is 5.26 Å². The van der Waals surface area contributed by atoms with Gasteiger partial charge in [-0.3, -0.25) is 9.69 Å². The molecule has 0 spiro atoms. The number of anilines is 1. The number of allylic oxidation sites excluding steroid dienone is 1. The van der Waals surface area contributed by atoms with E-state index in [1.807, 2.05) is 0 Å². The van der Waals surface area contributed by atoms with Crippen LogP contribution in [0.2, 0.25) is 0 Å². The van der Waals surface area contributed by atoms with E-state index in [9.17, 15) is 19.6 Å². The maximum Gasteiger partial charge on any atom is 0.355 e. The first-order chi connectivity index (χ1) is 16.3. The summed E-state index contributed by atoms with van der Waals surface area (Å²) in [5.74, 6) is -3.06. The number of esters is 2. The van der Waals surface area contributed by atoms with Gasteiger partial charge in [-0.1, -0.05) is 36.4 Å². The van der Waals surface area contributed by atoms with Crippen molar-refractivity contribution in [3.63, 3.8) is 0 Å². The molecule has 0 aromatic heterocycles. The van der Waals surface area contributed by atoms with Crippen LogP contribution < -0.4 is 16.0 Å². The Kier molecular flexibility index (Phi) is 7.02. The van der Waals surface area contributed by atoms with Gasteiger partial charge in [0.05, 0.1) is 43.0 Å². The third-order valence-electron chi connectivity index (χ3n) is 5.63. The van der Waals surface area contributed by atoms with Gasteiger partial charge in [-0.25, -0.2) is 9.59 Å². The Morgan fingerprint density at radius 1 is 1.03 bits per heavy atom. The SMILES string of the molecule is CNC(=O)c1cccc(N2C(N)=C(C#N)C(c3ccccc3)C(C(=O)OC)=C2C(=O)OC)c1C. The first-order valence-electron chi connectivity index (χ1n) is 10.3. The molecule has 1 atom stereocenters. The predicted molar refractivity (Wildman–Crippen MR) is 124 cm³/mol. The third kappa shape index (κ3) is 3.97. The number of nitrogens with one attached hydrogen (secondary N) is 1. The fraction of sp³-hybridized carbons (Fsp3) is 0.200. The van der Waals surface area contributed by atoms with E-state index in [4.69, 9.17) is 15.2 Å². The summed E-state index contributed by atoms with van der Waals surface area (Å²) in [6.45, 7) is 1.68. The highest BCUT2D eigenvalue weighted by Crippen LogP contribution is 2.44. The molecule has 2 aromatic rings. The average Bonchev–Trinajstić information content (AvgIpc) is 2.87. The van der Waals surface area contributed by atoms with E-state index in [-0.39, 0.29) is 28.6 Å². The topological polar surface area (TPSA) is 135 Å². The van der Waals surface area contributed by atoms with E-state index in [2.05, 4.69) is 11.4 Å². The lowest BCUT2D eigenvalue weighted by Crippen LogP contribution is -2.41. The molecule has 3 N–H and O–H groups in total. The molecule has 0 fully saturated rings. The highest BCUT2D eigenvalue weighted by molar-refractivity contribution is 6.07. The maximum atomic E-state index is 13.1. The van der Waals surface area contributed by atoms with E-state index in [0.29, 0.717) is 22.4 Å². The van der Waals surface area contributed by atoms with Gasteiger partial charge in [0, 0.05) is 12.6 Å². The number of nitriles is 1. The molecule has 34 heavy (non-hydrogen) atoms. The van der Waals surface area contributed by atoms with Crippen LogP contribution in [0.25, 0.3) is 0 Å². The Morgan fingerprint density at radius 2 is 1.68 bits per heavy atom. The molecular formula is C25H24N4O5. The molecule has 0 saturated carbocycles. The minimum absolute atomic E-state index is 0.0454. The highest BCUT2D eigenvalue weighted by Gasteiger charge is 2.43. The molecule has 9 nitrogen and oxygen atoms in total. The second-order valence-corrected chi connectivity index (χ2v) is 7.36. The number of hydrogen-bond donors (Lipinski definition) is 2. The number of methoxy groups -OCH3 is 2. The van der Waals surface area contributed by atoms with Gasteiger partial charge in [0.25, 0.3) is 5.91 Å². The van der Waals surface area contributed by atoms with Crippen molar-refractivity contribution in [1.82, 2.24) is 5.32 Å². The van der Waals surface area contributed by atoms with Gasteiger partial charge < -0.3 is 20.5 Å². The summed E-state index contributed by atoms with van der Waals surface area (Å²) in [5.41, 5.74) is 7.96. The number of hydrogen-bond acceptors (Lipinski definition) is 8. The van der Waals surface area contributed by atoms with Gasteiger partial charge in [0.15, 0.2) is 0 Å². The Bertz CT molecular complexity index is 1260. The molecule has 1 aliphatic heterocycles. The van der Waals surface area contributed by atoms with Crippen molar-refractivity contribution >= 4 is 23.5 Å². The summed E-state index contributed by atoms with van der Waals surface area (Å²) in [6, 6.07) is 15.7. The molecule has 174 valence electrons. The molecule has 0 bridgehead atoms. The van der Waals surface area contributed by atoms with Crippen LogP contribution in [0, 0.1) is 18.3 Å². The lowest BCUT2D eigenvalue weighted by atomic mass is 9.80. The Labute approximate surface area is 197 Å². The molecule has 2 aromatic carbocycles. The molecule has 1 aliphatic rings. The molecule has 0 radical (unpaired) electrons. The number of ether oxygens (including phenoxy) is 2. The van der Waals surface area contributed by atoms with E-state index >= 15 is 0 Å². The number of carbonyl (C=O) groups excluding carboxylic acids is 3. The Balaban J connectivity index is 2.44. The molecule has 9 heteroatoms. The molecule has 1 amide bonds. The number of carbonyl (C=O) groups is 3. The van der Waals surface area contributed by atoms with Gasteiger partial charge in [0.2, 0.25) is 0 Å². The summed E-state index contributed by atoms with van der Waals surface area (Å²) in [6.07, 6.45) is 0. The normalized spacial score (nSPS) is 15.5. The van der Waals surface area contributed by atoms with Crippen LogP contribution in [0.1, 0.15) is 27.4 Å². The van der Waals surface area contributed by atoms with Gasteiger partial charge >= 0.3 is 11.9 Å². The zero-order valence-corrected chi connectivity index (χ0v) is 19.2. The Morgan fingerprint density at radius 3 is 2.24 bits per heavy atom. The first kappa shape index (κ1) is 24.1. The van der Waals surface area contributed by atoms with E-state index in [1.165, 1.54) is 26.2 Å². The summed E-state index contributed by atoms with van der Waals surface area (Å²) in [5, 5.41) is 12.7. The zero-order chi connectivity index (χ0) is 25.0. The number of amides is 1. The third-order valence-corrected chi connectivity index (χ3v) is 5.63. The van der Waals surface area contributed by atoms with Gasteiger partial charge in [-0.2, -0.15) is 5.26 Å². The Hall–Kier alpha value is -4.58. The minimum atomic E-state index is -0.966. The van der Waals surface area contributed by atoms with Crippen molar-refractivity contribution in [3.8, 4) is 6.07 Å². The number of nitrogens with two attached hydrogens (primary N) is 1. The second kappa shape index (κ2) is 9.92. The van der Waals surface area contributed by atoms with Crippen LogP contribution in [-0.2, 0) is 19.1 Å². The van der Waals surface area contributed by atoms with Gasteiger partial charge in [0.1, 0.15) is 11.5 Å². The van der Waals surface area contributed by atoms with Crippen molar-refractivity contribution in [2.24, 2.45) is 5.73 Å². The van der Waals surface area contributed by atoms with Crippen LogP contribution >= 0.6 is 0 Å². The van der Waals surface area contributed by atoms with Crippen LogP contribution in [0.5, 0.6) is 0 Å². The van der Waals surface area contributed by atoms with Crippen molar-refractivity contribution in [2.75, 3.05) is 26.2 Å². The lowest BCUT2D eigenvalue weighted by molar-refractivity contribution is -0.139. The smallest absolute Gasteiger partial charge is 0.355 e. The molecule has 3 rings (SSSR count). The van der Waals surface area contributed by atoms with Gasteiger partial charge in [-0.05, 0) is 30.2 Å². The van der Waals surface area contributed by atoms with E-state index < -0.39 is 17.9 Å². The van der Waals surface area contributed by atoms with Crippen molar-refractivity contribution in [2.45, 2.75) is 12.8 Å². The number of rotatable bonds is 5. The van der Waals surface area contributed by atoms with Crippen LogP contribution in [0.3, 0.4) is 0 Å². The summed E-state index contributed by atoms with van der Waals surface area (Å²) in [7, 11) is 3.85. The summed E-state index contributed by atoms with van der Waals surface area (Å²) < 4.78 is 10.0. The number of nitrogens with zero attached hydrogens (tertiary/aromatic N) is 2. The van der Waals surface area contributed by atoms with E-state index in [0.717, 1.165) is 0 Å². The van der Waals surface area contributed by atoms with Gasteiger partial charge in [-0.15, -0.1) is 0 Å². The number of benzene rings is 2. The summed E-state index contributed by atoms with van der Waals surface area (Å²) >= 11 is 0. The van der Waals surface area contributed by atoms with Crippen LogP contribution in [-0.4, -0.2) is 39.1 Å². The summed E-state index contributed by atoms with van der Waals surface area (Å²) in [4.78, 5) is 39.9. The molecule has 0 aliphatic carbocycles. The van der Waals surface area contributed by atoms with Crippen molar-refractivity contribution < 1.29 is 23.9 Å². The molecular weight excluding hydrogens is 436 g/mol. The maximum absolute atomic E-state index is 13.1. The standard InChI is InChI=1S/C25H24N4O5/c1-14-16(23(30)28-2)11-8-12-18(14)29-21(25(32)34-4)20(24(31)33-3)19(17(13-26)22(29)27)15-9-6-5-7-10-15/h5-12,19H,27H2,1-4H3,(H,28,30). The fourth-order valence-electron chi connectivity index (χ4n) is 4.01. The molecule has 0 saturated heterocycles. The quantitative estimate of drug-likeness (QED) is 0.649. The lowest BCUT2D eigenvalue weighted by Gasteiger charge is -2.36. The highest BCUT2D eigenvalue weighted by atomic mass is 16.5. The second-order valence-electron chi connectivity index (χ2n) is 7.36. The van der Waals surface area contributed by atoms with E-state index in [1.54, 1.807) is 55.5 Å². The predicted octanol–water partition coefficient (Wildman–Crippen LogP) is 2.25. The monoisotopic (exact) mass is 460 g/mol.